The standard InChI is InChI=1S/C29H28ClN3O3S.ClH/c30-28-10-9-24-16-21(3-6-25(24)19-28)2-1-15-37(35,36)33-13-11-32(12-14-33)29(34)26-8-7-23-5-4-22(20-31)17-27(23)18-26;/h1-10,16-19H,11-15,20,31H2;1H. The molecule has 4 aromatic rings. The van der Waals surface area contributed by atoms with Crippen LogP contribution in [0, 0.1) is 0 Å². The zero-order chi connectivity index (χ0) is 26.0. The van der Waals surface area contributed by atoms with Crippen molar-refractivity contribution in [1.29, 1.82) is 0 Å². The molecule has 0 aromatic heterocycles. The summed E-state index contributed by atoms with van der Waals surface area (Å²) in [4.78, 5) is 14.8. The maximum absolute atomic E-state index is 13.1. The summed E-state index contributed by atoms with van der Waals surface area (Å²) in [5.41, 5.74) is 8.28. The van der Waals surface area contributed by atoms with E-state index in [0.717, 1.165) is 32.7 Å². The molecule has 2 N–H and O–H groups in total. The Labute approximate surface area is 234 Å². The summed E-state index contributed by atoms with van der Waals surface area (Å²) in [5.74, 6) is -0.178. The molecule has 0 unspecified atom stereocenters. The van der Waals surface area contributed by atoms with Crippen LogP contribution in [0.3, 0.4) is 0 Å². The van der Waals surface area contributed by atoms with E-state index >= 15 is 0 Å². The number of carbonyl (C=O) groups is 1. The molecule has 6 nitrogen and oxygen atoms in total. The van der Waals surface area contributed by atoms with Gasteiger partial charge in [0.15, 0.2) is 0 Å². The van der Waals surface area contributed by atoms with Crippen molar-refractivity contribution in [3.8, 4) is 0 Å². The van der Waals surface area contributed by atoms with Crippen LogP contribution >= 0.6 is 24.0 Å². The monoisotopic (exact) mass is 569 g/mol. The normalized spacial score (nSPS) is 14.7. The average Bonchev–Trinajstić information content (AvgIpc) is 2.92. The number of sulfonamides is 1. The quantitative estimate of drug-likeness (QED) is 0.340. The van der Waals surface area contributed by atoms with Gasteiger partial charge in [-0.1, -0.05) is 60.2 Å². The second-order valence-electron chi connectivity index (χ2n) is 9.22. The SMILES string of the molecule is Cl.NCc1ccc2ccc(C(=O)N3CCN(S(=O)(=O)CC=Cc4ccc5cc(Cl)ccc5c4)CC3)cc2c1. The van der Waals surface area contributed by atoms with E-state index in [2.05, 4.69) is 0 Å². The Hall–Kier alpha value is -2.94. The predicted octanol–water partition coefficient (Wildman–Crippen LogP) is 5.33. The molecule has 1 aliphatic heterocycles. The first-order valence-electron chi connectivity index (χ1n) is 12.2. The Kier molecular flexibility index (Phi) is 8.75. The summed E-state index contributed by atoms with van der Waals surface area (Å²) in [6.07, 6.45) is 3.50. The number of hydrogen-bond donors (Lipinski definition) is 1. The molecule has 9 heteroatoms. The summed E-state index contributed by atoms with van der Waals surface area (Å²) in [6.45, 7) is 1.72. The van der Waals surface area contributed by atoms with Crippen LogP contribution in [0.1, 0.15) is 21.5 Å². The van der Waals surface area contributed by atoms with Crippen LogP contribution in [0.5, 0.6) is 0 Å². The Morgan fingerprint density at radius 1 is 0.842 bits per heavy atom. The number of rotatable bonds is 6. The number of nitrogens with zero attached hydrogens (tertiary/aromatic N) is 2. The molecule has 0 saturated carbocycles. The van der Waals surface area contributed by atoms with Crippen LogP contribution in [0.2, 0.25) is 5.02 Å². The van der Waals surface area contributed by atoms with Crippen molar-refractivity contribution in [2.75, 3.05) is 31.9 Å². The minimum atomic E-state index is -3.47. The highest BCUT2D eigenvalue weighted by molar-refractivity contribution is 7.89. The van der Waals surface area contributed by atoms with Crippen molar-refractivity contribution in [1.82, 2.24) is 9.21 Å². The second-order valence-corrected chi connectivity index (χ2v) is 11.7. The van der Waals surface area contributed by atoms with Crippen molar-refractivity contribution in [2.45, 2.75) is 6.54 Å². The van der Waals surface area contributed by atoms with Crippen LogP contribution in [0.4, 0.5) is 0 Å². The number of halogens is 2. The predicted molar refractivity (Wildman–Crippen MR) is 158 cm³/mol. The maximum atomic E-state index is 13.1. The lowest BCUT2D eigenvalue weighted by Gasteiger charge is -2.34. The minimum absolute atomic E-state index is 0. The summed E-state index contributed by atoms with van der Waals surface area (Å²) in [5, 5.41) is 4.78. The number of carbonyl (C=O) groups excluding carboxylic acids is 1. The molecule has 4 aromatic carbocycles. The van der Waals surface area contributed by atoms with E-state index in [9.17, 15) is 13.2 Å². The van der Waals surface area contributed by atoms with Gasteiger partial charge in [-0.2, -0.15) is 4.31 Å². The summed E-state index contributed by atoms with van der Waals surface area (Å²) < 4.78 is 27.3. The number of hydrogen-bond acceptors (Lipinski definition) is 4. The van der Waals surface area contributed by atoms with Gasteiger partial charge in [0.1, 0.15) is 0 Å². The van der Waals surface area contributed by atoms with Crippen LogP contribution in [0.25, 0.3) is 27.6 Å². The molecule has 0 bridgehead atoms. The Morgan fingerprint density at radius 2 is 1.53 bits per heavy atom. The average molecular weight is 571 g/mol. The highest BCUT2D eigenvalue weighted by Gasteiger charge is 2.28. The lowest BCUT2D eigenvalue weighted by atomic mass is 10.0. The van der Waals surface area contributed by atoms with Gasteiger partial charge in [0.2, 0.25) is 10.0 Å². The first-order chi connectivity index (χ1) is 17.8. The molecule has 38 heavy (non-hydrogen) atoms. The number of fused-ring (bicyclic) bond motifs is 2. The number of amides is 1. The molecule has 0 radical (unpaired) electrons. The molecule has 1 amide bonds. The smallest absolute Gasteiger partial charge is 0.253 e. The van der Waals surface area contributed by atoms with E-state index in [0.29, 0.717) is 30.2 Å². The highest BCUT2D eigenvalue weighted by atomic mass is 35.5. The van der Waals surface area contributed by atoms with Crippen molar-refractivity contribution >= 4 is 67.6 Å². The number of piperazine rings is 1. The first-order valence-corrected chi connectivity index (χ1v) is 14.2. The van der Waals surface area contributed by atoms with Crippen LogP contribution in [-0.4, -0.2) is 55.5 Å². The summed E-state index contributed by atoms with van der Waals surface area (Å²) in [7, 11) is -3.47. The Bertz CT molecular complexity index is 1610. The van der Waals surface area contributed by atoms with Crippen LogP contribution < -0.4 is 5.73 Å². The van der Waals surface area contributed by atoms with E-state index in [1.54, 1.807) is 11.0 Å². The third-order valence-corrected chi connectivity index (χ3v) is 8.75. The molecule has 1 fully saturated rings. The molecule has 198 valence electrons. The zero-order valence-electron chi connectivity index (χ0n) is 20.7. The van der Waals surface area contributed by atoms with Gasteiger partial charge in [0.05, 0.1) is 5.75 Å². The minimum Gasteiger partial charge on any atom is -0.336 e. The molecular formula is C29H29Cl2N3O3S. The van der Waals surface area contributed by atoms with Gasteiger partial charge in [0.25, 0.3) is 5.91 Å². The van der Waals surface area contributed by atoms with Gasteiger partial charge in [-0.05, 0) is 69.1 Å². The van der Waals surface area contributed by atoms with Gasteiger partial charge in [-0.3, -0.25) is 4.79 Å². The van der Waals surface area contributed by atoms with E-state index in [1.807, 2.05) is 78.9 Å². The lowest BCUT2D eigenvalue weighted by Crippen LogP contribution is -2.50. The lowest BCUT2D eigenvalue weighted by molar-refractivity contribution is 0.0698. The van der Waals surface area contributed by atoms with Gasteiger partial charge >= 0.3 is 0 Å². The van der Waals surface area contributed by atoms with E-state index < -0.39 is 10.0 Å². The van der Waals surface area contributed by atoms with E-state index in [4.69, 9.17) is 17.3 Å². The highest BCUT2D eigenvalue weighted by Crippen LogP contribution is 2.22. The van der Waals surface area contributed by atoms with Gasteiger partial charge in [0, 0.05) is 43.3 Å². The molecule has 0 aliphatic carbocycles. The van der Waals surface area contributed by atoms with E-state index in [-0.39, 0.29) is 37.2 Å². The third kappa shape index (κ3) is 6.20. The summed E-state index contributed by atoms with van der Waals surface area (Å²) in [6, 6.07) is 23.2. The Balaban J connectivity index is 0.00000336. The molecule has 0 atom stereocenters. The van der Waals surface area contributed by atoms with Gasteiger partial charge in [-0.15, -0.1) is 12.4 Å². The number of benzene rings is 4. The second kappa shape index (κ2) is 11.8. The molecule has 1 aliphatic rings. The molecule has 1 saturated heterocycles. The Morgan fingerprint density at radius 3 is 2.29 bits per heavy atom. The molecule has 0 spiro atoms. The van der Waals surface area contributed by atoms with Crippen LogP contribution in [-0.2, 0) is 16.6 Å². The first kappa shape index (κ1) is 28.1. The van der Waals surface area contributed by atoms with Crippen molar-refractivity contribution in [2.24, 2.45) is 5.73 Å². The van der Waals surface area contributed by atoms with Crippen molar-refractivity contribution < 1.29 is 13.2 Å². The third-order valence-electron chi connectivity index (χ3n) is 6.75. The van der Waals surface area contributed by atoms with E-state index in [1.165, 1.54) is 4.31 Å². The molecule has 5 rings (SSSR count). The van der Waals surface area contributed by atoms with Gasteiger partial charge in [-0.25, -0.2) is 8.42 Å². The molecule has 1 heterocycles. The van der Waals surface area contributed by atoms with Crippen LogP contribution in [0.15, 0.2) is 78.9 Å². The topological polar surface area (TPSA) is 83.7 Å². The fourth-order valence-corrected chi connectivity index (χ4v) is 6.11. The largest absolute Gasteiger partial charge is 0.336 e. The fraction of sp³-hybridized carbons (Fsp3) is 0.207. The van der Waals surface area contributed by atoms with Gasteiger partial charge < -0.3 is 10.6 Å². The zero-order valence-corrected chi connectivity index (χ0v) is 23.1. The molecular weight excluding hydrogens is 541 g/mol. The fourth-order valence-electron chi connectivity index (χ4n) is 4.66. The maximum Gasteiger partial charge on any atom is 0.253 e. The summed E-state index contributed by atoms with van der Waals surface area (Å²) >= 11 is 6.04. The van der Waals surface area contributed by atoms with Crippen molar-refractivity contribution in [3.05, 3.63) is 101 Å². The number of nitrogens with two attached hydrogens (primary N) is 1. The van der Waals surface area contributed by atoms with Crippen molar-refractivity contribution in [3.63, 3.8) is 0 Å².